The summed E-state index contributed by atoms with van der Waals surface area (Å²) in [5.41, 5.74) is 4.50. The summed E-state index contributed by atoms with van der Waals surface area (Å²) >= 11 is 0. The molecule has 0 saturated heterocycles. The number of alkyl halides is 1. The Bertz CT molecular complexity index is 1590. The van der Waals surface area contributed by atoms with E-state index >= 15 is 0 Å². The zero-order valence-corrected chi connectivity index (χ0v) is 20.4. The lowest BCUT2D eigenvalue weighted by Gasteiger charge is -2.17. The van der Waals surface area contributed by atoms with Crippen LogP contribution in [0.2, 0.25) is 0 Å². The first kappa shape index (κ1) is 23.0. The first-order chi connectivity index (χ1) is 17.9. The Morgan fingerprint density at radius 1 is 1.32 bits per heavy atom. The van der Waals surface area contributed by atoms with Crippen LogP contribution >= 0.6 is 0 Å². The molecule has 37 heavy (non-hydrogen) atoms. The molecule has 6 rings (SSSR count). The molecule has 2 aliphatic rings. The highest BCUT2D eigenvalue weighted by molar-refractivity contribution is 5.93. The number of pyridine rings is 1. The minimum Gasteiger partial charge on any atom is -0.356 e. The minimum absolute atomic E-state index is 0.217. The molecule has 4 heterocycles. The van der Waals surface area contributed by atoms with Gasteiger partial charge in [0.1, 0.15) is 17.9 Å². The van der Waals surface area contributed by atoms with E-state index in [1.807, 2.05) is 47.9 Å². The van der Waals surface area contributed by atoms with Crippen molar-refractivity contribution in [2.75, 3.05) is 0 Å². The third-order valence-corrected chi connectivity index (χ3v) is 7.13. The van der Waals surface area contributed by atoms with Gasteiger partial charge >= 0.3 is 0 Å². The molecule has 0 spiro atoms. The normalized spacial score (nSPS) is 17.9. The quantitative estimate of drug-likeness (QED) is 0.400. The van der Waals surface area contributed by atoms with Gasteiger partial charge in [0.25, 0.3) is 5.91 Å². The van der Waals surface area contributed by atoms with E-state index in [9.17, 15) is 9.18 Å². The van der Waals surface area contributed by atoms with Crippen molar-refractivity contribution in [3.8, 4) is 17.9 Å². The van der Waals surface area contributed by atoms with Crippen molar-refractivity contribution in [3.63, 3.8) is 0 Å². The summed E-state index contributed by atoms with van der Waals surface area (Å²) in [7, 11) is 0. The number of rotatable bonds is 5. The number of H-pyrrole nitrogens is 1. The van der Waals surface area contributed by atoms with E-state index in [1.165, 1.54) is 0 Å². The van der Waals surface area contributed by atoms with E-state index in [0.717, 1.165) is 35.1 Å². The molecule has 1 saturated carbocycles. The molecule has 7 nitrogen and oxygen atoms in total. The van der Waals surface area contributed by atoms with Crippen LogP contribution in [0.25, 0.3) is 10.9 Å². The van der Waals surface area contributed by atoms with Gasteiger partial charge in [-0.2, -0.15) is 5.26 Å². The standard InChI is InChI=1S/C29H25FN6O/c1-18-12-19(6-7-29(8-9-29)10-11-31)13-24(33-18)28(37)35-26(23-14-20-4-2-3-5-22(20)34-23)27-25-15-21(30)16-36(25)17-32-27/h2-5,12-14,17,21,26,34H,8-10,15-16H2,1H3,(H,35,37)/t21-,26?/m1/s1. The van der Waals surface area contributed by atoms with Gasteiger partial charge in [-0.1, -0.05) is 30.0 Å². The predicted octanol–water partition coefficient (Wildman–Crippen LogP) is 4.53. The molecule has 1 aliphatic heterocycles. The number of carbonyl (C=O) groups is 1. The fraction of sp³-hybridized carbons (Fsp3) is 0.310. The average Bonchev–Trinajstić information content (AvgIpc) is 3.17. The number of benzene rings is 1. The monoisotopic (exact) mass is 492 g/mol. The van der Waals surface area contributed by atoms with Crippen molar-refractivity contribution in [1.29, 1.82) is 5.26 Å². The highest BCUT2D eigenvalue weighted by Crippen LogP contribution is 2.47. The largest absolute Gasteiger partial charge is 0.356 e. The molecule has 4 aromatic rings. The van der Waals surface area contributed by atoms with Gasteiger partial charge in [0, 0.05) is 40.0 Å². The number of para-hydroxylation sites is 1. The molecule has 1 unspecified atom stereocenters. The number of halogens is 1. The molecule has 184 valence electrons. The summed E-state index contributed by atoms with van der Waals surface area (Å²) < 4.78 is 16.0. The number of hydrogen-bond acceptors (Lipinski definition) is 4. The van der Waals surface area contributed by atoms with Gasteiger partial charge in [0.15, 0.2) is 0 Å². The van der Waals surface area contributed by atoms with Crippen LogP contribution < -0.4 is 5.32 Å². The van der Waals surface area contributed by atoms with Crippen LogP contribution in [0.4, 0.5) is 4.39 Å². The SMILES string of the molecule is Cc1cc(C#CC2(CC#N)CC2)cc(C(=O)NC(c2cc3ccccc3[nH]2)c2ncn3c2C[C@@H](F)C3)n1. The van der Waals surface area contributed by atoms with E-state index in [-0.39, 0.29) is 30.0 Å². The number of carbonyl (C=O) groups excluding carboxylic acids is 1. The van der Waals surface area contributed by atoms with Crippen LogP contribution in [0.3, 0.4) is 0 Å². The van der Waals surface area contributed by atoms with Crippen molar-refractivity contribution in [3.05, 3.63) is 82.8 Å². The number of nitrogens with one attached hydrogen (secondary N) is 2. The maximum atomic E-state index is 14.2. The average molecular weight is 493 g/mol. The number of nitriles is 1. The summed E-state index contributed by atoms with van der Waals surface area (Å²) in [5.74, 6) is 6.01. The van der Waals surface area contributed by atoms with Crippen LogP contribution in [0.1, 0.15) is 64.1 Å². The number of amides is 1. The van der Waals surface area contributed by atoms with Crippen molar-refractivity contribution in [1.82, 2.24) is 24.8 Å². The lowest BCUT2D eigenvalue weighted by molar-refractivity contribution is 0.0936. The molecule has 1 amide bonds. The van der Waals surface area contributed by atoms with Crippen LogP contribution in [0.15, 0.2) is 48.8 Å². The van der Waals surface area contributed by atoms with Crippen LogP contribution in [0.5, 0.6) is 0 Å². The first-order valence-corrected chi connectivity index (χ1v) is 12.4. The van der Waals surface area contributed by atoms with E-state index in [2.05, 4.69) is 38.2 Å². The van der Waals surface area contributed by atoms with E-state index in [0.29, 0.717) is 23.4 Å². The molecular weight excluding hydrogens is 467 g/mol. The van der Waals surface area contributed by atoms with Gasteiger partial charge in [0.2, 0.25) is 0 Å². The van der Waals surface area contributed by atoms with Crippen molar-refractivity contribution < 1.29 is 9.18 Å². The van der Waals surface area contributed by atoms with Gasteiger partial charge in [-0.05, 0) is 49.4 Å². The van der Waals surface area contributed by atoms with Gasteiger partial charge in [-0.25, -0.2) is 14.4 Å². The van der Waals surface area contributed by atoms with Crippen molar-refractivity contribution in [2.45, 2.75) is 51.4 Å². The van der Waals surface area contributed by atoms with E-state index in [4.69, 9.17) is 5.26 Å². The Morgan fingerprint density at radius 3 is 2.95 bits per heavy atom. The summed E-state index contributed by atoms with van der Waals surface area (Å²) in [6.45, 7) is 2.09. The lowest BCUT2D eigenvalue weighted by Crippen LogP contribution is -2.31. The third-order valence-electron chi connectivity index (χ3n) is 7.13. The zero-order chi connectivity index (χ0) is 25.6. The van der Waals surface area contributed by atoms with Gasteiger partial charge in [-0.3, -0.25) is 4.79 Å². The predicted molar refractivity (Wildman–Crippen MR) is 136 cm³/mol. The number of imidazole rings is 1. The van der Waals surface area contributed by atoms with E-state index < -0.39 is 12.2 Å². The second-order valence-corrected chi connectivity index (χ2v) is 10.00. The Labute approximate surface area is 213 Å². The third kappa shape index (κ3) is 4.47. The Hall–Kier alpha value is -4.43. The molecule has 2 atom stereocenters. The fourth-order valence-electron chi connectivity index (χ4n) is 4.99. The van der Waals surface area contributed by atoms with Crippen LogP contribution in [-0.4, -0.2) is 31.6 Å². The Balaban J connectivity index is 1.34. The Morgan fingerprint density at radius 2 is 2.16 bits per heavy atom. The molecular formula is C29H25FN6O. The smallest absolute Gasteiger partial charge is 0.270 e. The van der Waals surface area contributed by atoms with Crippen molar-refractivity contribution in [2.24, 2.45) is 5.41 Å². The summed E-state index contributed by atoms with van der Waals surface area (Å²) in [4.78, 5) is 26.0. The fourth-order valence-corrected chi connectivity index (χ4v) is 4.99. The van der Waals surface area contributed by atoms with Crippen LogP contribution in [0, 0.1) is 35.5 Å². The molecule has 1 aromatic carbocycles. The van der Waals surface area contributed by atoms with E-state index in [1.54, 1.807) is 12.4 Å². The summed E-state index contributed by atoms with van der Waals surface area (Å²) in [6.07, 6.45) is 3.19. The number of aromatic amines is 1. The maximum absolute atomic E-state index is 14.2. The van der Waals surface area contributed by atoms with Crippen LogP contribution in [-0.2, 0) is 13.0 Å². The van der Waals surface area contributed by atoms with Gasteiger partial charge in [-0.15, -0.1) is 0 Å². The number of aromatic nitrogens is 4. The molecule has 1 fully saturated rings. The second kappa shape index (κ2) is 8.90. The highest BCUT2D eigenvalue weighted by atomic mass is 19.1. The summed E-state index contributed by atoms with van der Waals surface area (Å²) in [5, 5.41) is 13.2. The number of aryl methyl sites for hydroxylation is 1. The number of fused-ring (bicyclic) bond motifs is 2. The molecule has 0 bridgehead atoms. The Kier molecular flexibility index (Phi) is 5.53. The minimum atomic E-state index is -0.966. The summed E-state index contributed by atoms with van der Waals surface area (Å²) in [6, 6.07) is 15.0. The molecule has 8 heteroatoms. The molecule has 2 N–H and O–H groups in total. The topological polar surface area (TPSA) is 99.4 Å². The molecule has 3 aromatic heterocycles. The molecule has 1 aliphatic carbocycles. The number of nitrogens with zero attached hydrogens (tertiary/aromatic N) is 4. The lowest BCUT2D eigenvalue weighted by atomic mass is 10.0. The second-order valence-electron chi connectivity index (χ2n) is 10.00. The first-order valence-electron chi connectivity index (χ1n) is 12.4. The molecule has 0 radical (unpaired) electrons. The highest BCUT2D eigenvalue weighted by Gasteiger charge is 2.40. The van der Waals surface area contributed by atoms with Gasteiger partial charge in [0.05, 0.1) is 31.1 Å². The zero-order valence-electron chi connectivity index (χ0n) is 20.4. The van der Waals surface area contributed by atoms with Crippen molar-refractivity contribution >= 4 is 16.8 Å². The van der Waals surface area contributed by atoms with Gasteiger partial charge < -0.3 is 14.9 Å². The number of hydrogen-bond donors (Lipinski definition) is 2. The maximum Gasteiger partial charge on any atom is 0.270 e.